The number of carbonyl (C=O) groups excluding carboxylic acids is 1. The van der Waals surface area contributed by atoms with Gasteiger partial charge in [-0.15, -0.1) is 0 Å². The molecule has 2 atom stereocenters. The lowest BCUT2D eigenvalue weighted by molar-refractivity contribution is -0.133. The molecule has 1 amide bonds. The molecule has 6 nitrogen and oxygen atoms in total. The quantitative estimate of drug-likeness (QED) is 0.820. The SMILES string of the molecule is Cc1oc(=O)oc1CN1C[C@@H](S)C[C@H]1C(=O)N(C)C. The molecule has 0 N–H and O–H groups in total. The molecule has 0 radical (unpaired) electrons. The third-order valence-electron chi connectivity index (χ3n) is 3.29. The van der Waals surface area contributed by atoms with E-state index in [1.807, 2.05) is 4.90 Å². The van der Waals surface area contributed by atoms with E-state index in [0.717, 1.165) is 0 Å². The van der Waals surface area contributed by atoms with Crippen molar-refractivity contribution in [2.24, 2.45) is 0 Å². The number of thiol groups is 1. The number of carbonyl (C=O) groups is 1. The van der Waals surface area contributed by atoms with E-state index in [1.165, 1.54) is 0 Å². The van der Waals surface area contributed by atoms with Gasteiger partial charge < -0.3 is 13.7 Å². The van der Waals surface area contributed by atoms with Crippen molar-refractivity contribution in [1.29, 1.82) is 0 Å². The molecule has 1 fully saturated rings. The van der Waals surface area contributed by atoms with Crippen LogP contribution < -0.4 is 5.82 Å². The smallest absolute Gasteiger partial charge is 0.396 e. The number of nitrogens with zero attached hydrogens (tertiary/aromatic N) is 2. The second-order valence-electron chi connectivity index (χ2n) is 5.00. The lowest BCUT2D eigenvalue weighted by Crippen LogP contribution is -2.42. The summed E-state index contributed by atoms with van der Waals surface area (Å²) in [5, 5.41) is 0.146. The Bertz CT molecular complexity index is 522. The molecule has 0 spiro atoms. The Labute approximate surface area is 116 Å². The van der Waals surface area contributed by atoms with Crippen molar-refractivity contribution in [2.45, 2.75) is 31.2 Å². The Morgan fingerprint density at radius 3 is 2.68 bits per heavy atom. The van der Waals surface area contributed by atoms with E-state index in [2.05, 4.69) is 12.6 Å². The second kappa shape index (κ2) is 5.42. The minimum Gasteiger partial charge on any atom is -0.396 e. The molecule has 1 aliphatic heterocycles. The maximum atomic E-state index is 12.1. The normalized spacial score (nSPS) is 23.8. The van der Waals surface area contributed by atoms with Crippen molar-refractivity contribution in [3.63, 3.8) is 0 Å². The molecular formula is C12H18N2O4S. The van der Waals surface area contributed by atoms with Crippen LogP contribution in [0.25, 0.3) is 0 Å². The molecule has 0 bridgehead atoms. The zero-order valence-electron chi connectivity index (χ0n) is 11.3. The third-order valence-corrected chi connectivity index (χ3v) is 3.66. The van der Waals surface area contributed by atoms with Crippen molar-refractivity contribution < 1.29 is 13.6 Å². The third kappa shape index (κ3) is 3.03. The van der Waals surface area contributed by atoms with E-state index < -0.39 is 5.82 Å². The Morgan fingerprint density at radius 1 is 1.47 bits per heavy atom. The van der Waals surface area contributed by atoms with Gasteiger partial charge in [0.15, 0.2) is 5.76 Å². The standard InChI is InChI=1S/C12H18N2O4S/c1-7-10(18-12(16)17-7)6-14-5-8(19)4-9(14)11(15)13(2)3/h8-9,19H,4-6H2,1-3H3/t8-,9-/m0/s1. The fourth-order valence-electron chi connectivity index (χ4n) is 2.31. The molecule has 7 heteroatoms. The highest BCUT2D eigenvalue weighted by Gasteiger charge is 2.36. The molecule has 2 rings (SSSR count). The van der Waals surface area contributed by atoms with Crippen LogP contribution in [0.1, 0.15) is 17.9 Å². The minimum absolute atomic E-state index is 0.0417. The van der Waals surface area contributed by atoms with Gasteiger partial charge in [-0.05, 0) is 13.3 Å². The van der Waals surface area contributed by atoms with Crippen LogP contribution in [-0.4, -0.2) is 47.6 Å². The van der Waals surface area contributed by atoms with Gasteiger partial charge in [-0.1, -0.05) is 0 Å². The number of amides is 1. The first-order chi connectivity index (χ1) is 8.88. The number of hydrogen-bond acceptors (Lipinski definition) is 6. The van der Waals surface area contributed by atoms with Gasteiger partial charge in [0, 0.05) is 25.9 Å². The lowest BCUT2D eigenvalue weighted by atomic mass is 10.2. The molecule has 2 heterocycles. The molecule has 0 saturated carbocycles. The molecule has 0 aromatic carbocycles. The fourth-order valence-corrected chi connectivity index (χ4v) is 2.72. The van der Waals surface area contributed by atoms with Gasteiger partial charge in [0.1, 0.15) is 5.76 Å². The van der Waals surface area contributed by atoms with E-state index >= 15 is 0 Å². The molecule has 1 aliphatic rings. The highest BCUT2D eigenvalue weighted by atomic mass is 32.1. The Kier molecular flexibility index (Phi) is 4.05. The summed E-state index contributed by atoms with van der Waals surface area (Å²) in [6.07, 6.45) is 0.696. The van der Waals surface area contributed by atoms with Gasteiger partial charge in [0.2, 0.25) is 5.91 Å². The summed E-state index contributed by atoms with van der Waals surface area (Å²) in [7, 11) is 3.46. The Morgan fingerprint density at radius 2 is 2.16 bits per heavy atom. The predicted octanol–water partition coefficient (Wildman–Crippen LogP) is 0.502. The first-order valence-electron chi connectivity index (χ1n) is 6.11. The summed E-state index contributed by atoms with van der Waals surface area (Å²) >= 11 is 4.44. The average molecular weight is 286 g/mol. The summed E-state index contributed by atoms with van der Waals surface area (Å²) in [6, 6.07) is -0.225. The molecule has 19 heavy (non-hydrogen) atoms. The molecule has 0 aliphatic carbocycles. The van der Waals surface area contributed by atoms with Crippen molar-refractivity contribution in [3.8, 4) is 0 Å². The van der Waals surface area contributed by atoms with Crippen molar-refractivity contribution in [1.82, 2.24) is 9.80 Å². The maximum Gasteiger partial charge on any atom is 0.519 e. The van der Waals surface area contributed by atoms with E-state index in [4.69, 9.17) is 8.83 Å². The maximum absolute atomic E-state index is 12.1. The average Bonchev–Trinajstić information content (AvgIpc) is 2.82. The largest absolute Gasteiger partial charge is 0.519 e. The monoisotopic (exact) mass is 286 g/mol. The zero-order valence-corrected chi connectivity index (χ0v) is 12.1. The van der Waals surface area contributed by atoms with Crippen molar-refractivity contribution >= 4 is 18.5 Å². The molecule has 1 aromatic heterocycles. The Balaban J connectivity index is 2.15. The zero-order chi connectivity index (χ0) is 14.2. The van der Waals surface area contributed by atoms with E-state index in [9.17, 15) is 9.59 Å². The molecule has 1 saturated heterocycles. The van der Waals surface area contributed by atoms with E-state index in [1.54, 1.807) is 25.9 Å². The van der Waals surface area contributed by atoms with Crippen LogP contribution in [-0.2, 0) is 11.3 Å². The number of likely N-dealkylation sites (N-methyl/N-ethyl adjacent to an activating group) is 1. The van der Waals surface area contributed by atoms with Gasteiger partial charge in [-0.3, -0.25) is 9.69 Å². The van der Waals surface area contributed by atoms with Gasteiger partial charge in [-0.2, -0.15) is 12.6 Å². The van der Waals surface area contributed by atoms with Crippen molar-refractivity contribution in [3.05, 3.63) is 22.1 Å². The summed E-state index contributed by atoms with van der Waals surface area (Å²) in [4.78, 5) is 26.7. The summed E-state index contributed by atoms with van der Waals surface area (Å²) < 4.78 is 9.82. The van der Waals surface area contributed by atoms with Crippen LogP contribution in [0, 0.1) is 6.92 Å². The highest BCUT2D eigenvalue weighted by molar-refractivity contribution is 7.81. The summed E-state index contributed by atoms with van der Waals surface area (Å²) in [5.41, 5.74) is 0. The van der Waals surface area contributed by atoms with E-state index in [-0.39, 0.29) is 17.2 Å². The first kappa shape index (κ1) is 14.2. The van der Waals surface area contributed by atoms with Crippen LogP contribution in [0.15, 0.2) is 13.6 Å². The van der Waals surface area contributed by atoms with Crippen molar-refractivity contribution in [2.75, 3.05) is 20.6 Å². The molecule has 106 valence electrons. The predicted molar refractivity (Wildman–Crippen MR) is 72.3 cm³/mol. The van der Waals surface area contributed by atoms with Crippen LogP contribution in [0.5, 0.6) is 0 Å². The number of aryl methyl sites for hydroxylation is 1. The van der Waals surface area contributed by atoms with Crippen LogP contribution in [0.3, 0.4) is 0 Å². The minimum atomic E-state index is -0.704. The fraction of sp³-hybridized carbons (Fsp3) is 0.667. The number of hydrogen-bond donors (Lipinski definition) is 1. The Hall–Kier alpha value is -1.21. The van der Waals surface area contributed by atoms with Gasteiger partial charge in [0.05, 0.1) is 12.6 Å². The summed E-state index contributed by atoms with van der Waals surface area (Å²) in [6.45, 7) is 2.75. The first-order valence-corrected chi connectivity index (χ1v) is 6.63. The van der Waals surface area contributed by atoms with Gasteiger partial charge in [-0.25, -0.2) is 4.79 Å². The van der Waals surface area contributed by atoms with Gasteiger partial charge in [0.25, 0.3) is 0 Å². The van der Waals surface area contributed by atoms with Gasteiger partial charge >= 0.3 is 5.82 Å². The van der Waals surface area contributed by atoms with E-state index in [0.29, 0.717) is 31.0 Å². The number of likely N-dealkylation sites (tertiary alicyclic amines) is 1. The van der Waals surface area contributed by atoms with Crippen LogP contribution in [0.4, 0.5) is 0 Å². The van der Waals surface area contributed by atoms with Crippen LogP contribution >= 0.6 is 12.6 Å². The highest BCUT2D eigenvalue weighted by Crippen LogP contribution is 2.25. The molecule has 0 unspecified atom stereocenters. The molecular weight excluding hydrogens is 268 g/mol. The topological polar surface area (TPSA) is 66.9 Å². The van der Waals surface area contributed by atoms with Crippen LogP contribution in [0.2, 0.25) is 0 Å². The second-order valence-corrected chi connectivity index (χ2v) is 5.73. The molecule has 1 aromatic rings. The number of rotatable bonds is 3. The summed E-state index contributed by atoms with van der Waals surface area (Å²) in [5.74, 6) is 0.275. The lowest BCUT2D eigenvalue weighted by Gasteiger charge is -2.24.